The molecule has 5 heteroatoms. The van der Waals surface area contributed by atoms with E-state index in [1.165, 1.54) is 43.4 Å². The fourth-order valence-electron chi connectivity index (χ4n) is 2.54. The molecule has 0 N–H and O–H groups in total. The third-order valence-corrected chi connectivity index (χ3v) is 3.49. The Bertz CT molecular complexity index is 530. The summed E-state index contributed by atoms with van der Waals surface area (Å²) in [5.41, 5.74) is 2.31. The molecule has 0 atom stereocenters. The van der Waals surface area contributed by atoms with E-state index in [4.69, 9.17) is 24.4 Å². The van der Waals surface area contributed by atoms with Gasteiger partial charge in [-0.05, 0) is 38.1 Å². The molecule has 0 saturated carbocycles. The Morgan fingerprint density at radius 3 is 2.45 bits per heavy atom. The number of hydrogen-bond donors (Lipinski definition) is 0. The van der Waals surface area contributed by atoms with Crippen molar-refractivity contribution in [3.8, 4) is 0 Å². The summed E-state index contributed by atoms with van der Waals surface area (Å²) < 4.78 is 0. The van der Waals surface area contributed by atoms with Crippen molar-refractivity contribution < 1.29 is 15.1 Å². The van der Waals surface area contributed by atoms with Crippen LogP contribution >= 0.6 is 19.4 Å². The molecular formula is C15H18Cl2N2Zn. The minimum atomic E-state index is -0.931. The number of nitrogens with zero attached hydrogens (tertiary/aromatic N) is 2. The number of fused-ring (bicyclic) bond motifs is 1. The minimum absolute atomic E-state index is 0.931. The van der Waals surface area contributed by atoms with Gasteiger partial charge in [-0.2, -0.15) is 0 Å². The Labute approximate surface area is 136 Å². The first-order valence-electron chi connectivity index (χ1n) is 7.02. The maximum atomic E-state index is 4.95. The van der Waals surface area contributed by atoms with Crippen LogP contribution in [0.5, 0.6) is 0 Å². The number of benzene rings is 1. The van der Waals surface area contributed by atoms with Crippen LogP contribution in [0.15, 0.2) is 36.4 Å². The van der Waals surface area contributed by atoms with Gasteiger partial charge in [-0.1, -0.05) is 30.7 Å². The summed E-state index contributed by atoms with van der Waals surface area (Å²) >= 11 is -0.931. The summed E-state index contributed by atoms with van der Waals surface area (Å²) in [5.74, 6) is 0. The zero-order valence-electron chi connectivity index (χ0n) is 11.6. The van der Waals surface area contributed by atoms with Crippen molar-refractivity contribution in [2.24, 2.45) is 0 Å². The second kappa shape index (κ2) is 8.94. The number of likely N-dealkylation sites (tertiary alicyclic amines) is 1. The van der Waals surface area contributed by atoms with Crippen molar-refractivity contribution in [3.05, 3.63) is 42.1 Å². The van der Waals surface area contributed by atoms with Gasteiger partial charge < -0.3 is 0 Å². The molecule has 2 nitrogen and oxygen atoms in total. The van der Waals surface area contributed by atoms with E-state index in [9.17, 15) is 0 Å². The Kier molecular flexibility index (Phi) is 7.23. The van der Waals surface area contributed by atoms with Gasteiger partial charge in [0.2, 0.25) is 0 Å². The van der Waals surface area contributed by atoms with Gasteiger partial charge >= 0.3 is 34.5 Å². The smallest absolute Gasteiger partial charge is 0.0705 e. The van der Waals surface area contributed by atoms with Crippen LogP contribution in [0.2, 0.25) is 0 Å². The van der Waals surface area contributed by atoms with E-state index >= 15 is 0 Å². The third kappa shape index (κ3) is 4.96. The molecule has 3 rings (SSSR count). The Morgan fingerprint density at radius 1 is 1.00 bits per heavy atom. The van der Waals surface area contributed by atoms with E-state index in [1.54, 1.807) is 0 Å². The first kappa shape index (κ1) is 16.2. The second-order valence-electron chi connectivity index (χ2n) is 4.93. The normalized spacial score (nSPS) is 15.3. The van der Waals surface area contributed by atoms with E-state index in [0.29, 0.717) is 0 Å². The predicted molar refractivity (Wildman–Crippen MR) is 82.6 cm³/mol. The predicted octanol–water partition coefficient (Wildman–Crippen LogP) is 4.60. The number of piperidine rings is 1. The first-order chi connectivity index (χ1) is 9.83. The molecule has 1 aromatic heterocycles. The number of para-hydroxylation sites is 1. The largest absolute Gasteiger partial charge is 0.298 e. The van der Waals surface area contributed by atoms with Crippen molar-refractivity contribution in [2.45, 2.75) is 25.8 Å². The van der Waals surface area contributed by atoms with Gasteiger partial charge in [0.1, 0.15) is 0 Å². The van der Waals surface area contributed by atoms with Crippen molar-refractivity contribution in [1.82, 2.24) is 9.88 Å². The van der Waals surface area contributed by atoms with Gasteiger partial charge in [0.25, 0.3) is 0 Å². The van der Waals surface area contributed by atoms with Gasteiger partial charge in [-0.15, -0.1) is 0 Å². The van der Waals surface area contributed by atoms with Crippen LogP contribution < -0.4 is 0 Å². The first-order valence-corrected chi connectivity index (χ1v) is 14.8. The fourth-order valence-corrected chi connectivity index (χ4v) is 2.54. The zero-order valence-corrected chi connectivity index (χ0v) is 16.0. The maximum absolute atomic E-state index is 4.95. The molecule has 0 amide bonds. The zero-order chi connectivity index (χ0) is 14.2. The summed E-state index contributed by atoms with van der Waals surface area (Å²) in [6, 6.07) is 12.7. The maximum Gasteiger partial charge on any atom is 0.0705 e. The molecule has 2 heterocycles. The van der Waals surface area contributed by atoms with E-state index in [1.807, 2.05) is 0 Å². The average Bonchev–Trinajstić information content (AvgIpc) is 2.49. The Hall–Kier alpha value is -0.207. The number of pyridine rings is 1. The standard InChI is InChI=1S/C15H18N2.2ClH.Zn/c1-4-10-17(11-5-1)12-14-9-8-13-6-2-3-7-15(13)16-14;;;/h2-3,6-9H,1,4-5,10-12H2;2*1H;/q;;;+2/p-2. The SMILES string of the molecule is [Cl][Zn][Cl].c1ccc2nc(CN3CCCCC3)ccc2c1. The monoisotopic (exact) mass is 360 g/mol. The Balaban J connectivity index is 0.000000452. The molecule has 1 fully saturated rings. The van der Waals surface area contributed by atoms with E-state index in [0.717, 1.165) is 12.1 Å². The summed E-state index contributed by atoms with van der Waals surface area (Å²) in [6.07, 6.45) is 4.07. The summed E-state index contributed by atoms with van der Waals surface area (Å²) in [4.78, 5) is 7.24. The van der Waals surface area contributed by atoms with E-state index in [-0.39, 0.29) is 0 Å². The molecule has 0 spiro atoms. The van der Waals surface area contributed by atoms with E-state index < -0.39 is 15.1 Å². The van der Waals surface area contributed by atoms with Crippen molar-refractivity contribution in [2.75, 3.05) is 13.1 Å². The molecule has 0 aliphatic carbocycles. The van der Waals surface area contributed by atoms with Crippen molar-refractivity contribution in [1.29, 1.82) is 0 Å². The number of halogens is 2. The molecule has 0 bridgehead atoms. The minimum Gasteiger partial charge on any atom is -0.298 e. The quantitative estimate of drug-likeness (QED) is 0.726. The number of rotatable bonds is 2. The van der Waals surface area contributed by atoms with Crippen LogP contribution in [0.3, 0.4) is 0 Å². The summed E-state index contributed by atoms with van der Waals surface area (Å²) in [7, 11) is 9.90. The van der Waals surface area contributed by atoms with Crippen LogP contribution in [-0.2, 0) is 21.7 Å². The fraction of sp³-hybridized carbons (Fsp3) is 0.400. The molecule has 104 valence electrons. The van der Waals surface area contributed by atoms with Crippen LogP contribution in [0.25, 0.3) is 10.9 Å². The topological polar surface area (TPSA) is 16.1 Å². The van der Waals surface area contributed by atoms with Crippen LogP contribution in [0, 0.1) is 0 Å². The molecule has 1 saturated heterocycles. The molecular weight excluding hydrogens is 344 g/mol. The molecule has 0 unspecified atom stereocenters. The molecule has 1 aliphatic heterocycles. The van der Waals surface area contributed by atoms with Gasteiger partial charge in [0.15, 0.2) is 0 Å². The number of aromatic nitrogens is 1. The molecule has 20 heavy (non-hydrogen) atoms. The Morgan fingerprint density at radius 2 is 1.70 bits per heavy atom. The van der Waals surface area contributed by atoms with E-state index in [2.05, 4.69) is 41.3 Å². The molecule has 0 radical (unpaired) electrons. The molecule has 1 aromatic carbocycles. The average molecular weight is 363 g/mol. The number of hydrogen-bond acceptors (Lipinski definition) is 2. The summed E-state index contributed by atoms with van der Waals surface area (Å²) in [6.45, 7) is 3.47. The third-order valence-electron chi connectivity index (χ3n) is 3.49. The molecule has 2 aromatic rings. The van der Waals surface area contributed by atoms with Gasteiger partial charge in [-0.3, -0.25) is 9.88 Å². The molecule has 1 aliphatic rings. The van der Waals surface area contributed by atoms with Gasteiger partial charge in [0, 0.05) is 11.9 Å². The van der Waals surface area contributed by atoms with Crippen LogP contribution in [-0.4, -0.2) is 23.0 Å². The van der Waals surface area contributed by atoms with Crippen molar-refractivity contribution in [3.63, 3.8) is 0 Å². The van der Waals surface area contributed by atoms with Gasteiger partial charge in [0.05, 0.1) is 11.2 Å². The van der Waals surface area contributed by atoms with Crippen molar-refractivity contribution >= 4 is 30.3 Å². The van der Waals surface area contributed by atoms with Gasteiger partial charge in [-0.25, -0.2) is 0 Å². The van der Waals surface area contributed by atoms with Crippen LogP contribution in [0.4, 0.5) is 0 Å². The van der Waals surface area contributed by atoms with Crippen LogP contribution in [0.1, 0.15) is 25.0 Å². The summed E-state index contributed by atoms with van der Waals surface area (Å²) in [5, 5.41) is 1.23. The second-order valence-corrected chi connectivity index (χ2v) is 9.56.